The van der Waals surface area contributed by atoms with Crippen molar-refractivity contribution in [2.24, 2.45) is 0 Å². The molecule has 0 radical (unpaired) electrons. The molecule has 4 nitrogen and oxygen atoms in total. The van der Waals surface area contributed by atoms with Crippen LogP contribution in [0.3, 0.4) is 0 Å². The van der Waals surface area contributed by atoms with Crippen molar-refractivity contribution < 1.29 is 9.53 Å². The quantitative estimate of drug-likeness (QED) is 0.741. The zero-order chi connectivity index (χ0) is 12.3. The summed E-state index contributed by atoms with van der Waals surface area (Å²) in [6, 6.07) is 1.27. The molecule has 98 valence electrons. The van der Waals surface area contributed by atoms with Gasteiger partial charge in [0.2, 0.25) is 5.91 Å². The third-order valence-electron chi connectivity index (χ3n) is 4.16. The molecule has 4 heteroatoms. The first kappa shape index (κ1) is 12.8. The summed E-state index contributed by atoms with van der Waals surface area (Å²) in [6.45, 7) is 5.59. The van der Waals surface area contributed by atoms with E-state index in [1.807, 2.05) is 4.90 Å². The van der Waals surface area contributed by atoms with Crippen LogP contribution >= 0.6 is 0 Å². The van der Waals surface area contributed by atoms with E-state index in [1.54, 1.807) is 14.0 Å². The number of carbonyl (C=O) groups excluding carboxylic acids is 1. The summed E-state index contributed by atoms with van der Waals surface area (Å²) in [5.74, 6) is 0.221. The molecule has 2 aliphatic heterocycles. The maximum absolute atomic E-state index is 11.3. The number of carbonyl (C=O) groups is 1. The minimum Gasteiger partial charge on any atom is -0.383 e. The first-order valence-corrected chi connectivity index (χ1v) is 6.72. The third-order valence-corrected chi connectivity index (χ3v) is 4.16. The number of hydrogen-bond donors (Lipinski definition) is 0. The van der Waals surface area contributed by atoms with Gasteiger partial charge in [-0.1, -0.05) is 0 Å². The Bertz CT molecular complexity index is 262. The van der Waals surface area contributed by atoms with Crippen LogP contribution in [0, 0.1) is 0 Å². The van der Waals surface area contributed by atoms with Crippen LogP contribution in [-0.2, 0) is 9.53 Å². The molecule has 1 atom stereocenters. The first-order chi connectivity index (χ1) is 8.22. The van der Waals surface area contributed by atoms with E-state index in [2.05, 4.69) is 4.90 Å². The molecule has 17 heavy (non-hydrogen) atoms. The van der Waals surface area contributed by atoms with Gasteiger partial charge >= 0.3 is 0 Å². The number of nitrogens with zero attached hydrogens (tertiary/aromatic N) is 2. The monoisotopic (exact) mass is 240 g/mol. The van der Waals surface area contributed by atoms with Gasteiger partial charge in [-0.25, -0.2) is 0 Å². The topological polar surface area (TPSA) is 32.8 Å². The maximum atomic E-state index is 11.3. The van der Waals surface area contributed by atoms with Crippen molar-refractivity contribution in [2.45, 2.75) is 44.7 Å². The molecule has 0 aromatic heterocycles. The molecule has 0 aliphatic carbocycles. The van der Waals surface area contributed by atoms with Crippen LogP contribution in [0.15, 0.2) is 0 Å². The van der Waals surface area contributed by atoms with Gasteiger partial charge in [-0.15, -0.1) is 0 Å². The van der Waals surface area contributed by atoms with Crippen LogP contribution in [0.5, 0.6) is 0 Å². The molecular weight excluding hydrogens is 216 g/mol. The summed E-state index contributed by atoms with van der Waals surface area (Å²) in [5.41, 5.74) is 0. The molecule has 0 N–H and O–H groups in total. The summed E-state index contributed by atoms with van der Waals surface area (Å²) >= 11 is 0. The van der Waals surface area contributed by atoms with Crippen LogP contribution in [0.2, 0.25) is 0 Å². The van der Waals surface area contributed by atoms with Crippen molar-refractivity contribution in [1.29, 1.82) is 0 Å². The highest BCUT2D eigenvalue weighted by Crippen LogP contribution is 2.26. The zero-order valence-corrected chi connectivity index (χ0v) is 11.0. The summed E-state index contributed by atoms with van der Waals surface area (Å²) in [6.07, 6.45) is 4.81. The molecule has 0 aromatic rings. The second-order valence-corrected chi connectivity index (χ2v) is 5.23. The van der Waals surface area contributed by atoms with Crippen molar-refractivity contribution in [3.63, 3.8) is 0 Å². The average Bonchev–Trinajstić information content (AvgIpc) is 2.78. The van der Waals surface area contributed by atoms with E-state index in [4.69, 9.17) is 4.74 Å². The molecule has 2 saturated heterocycles. The lowest BCUT2D eigenvalue weighted by Crippen LogP contribution is -2.48. The number of rotatable bonds is 3. The number of ether oxygens (including phenoxy) is 1. The van der Waals surface area contributed by atoms with E-state index in [9.17, 15) is 4.79 Å². The minimum atomic E-state index is 0.221. The highest BCUT2D eigenvalue weighted by atomic mass is 16.5. The van der Waals surface area contributed by atoms with Crippen LogP contribution in [0.4, 0.5) is 0 Å². The standard InChI is InChI=1S/C13H24N2O2/c1-11(16)14-8-5-12(6-9-14)15-7-3-4-13(15)10-17-2/h12-13H,3-10H2,1-2H3. The Hall–Kier alpha value is -0.610. The van der Waals surface area contributed by atoms with E-state index in [1.165, 1.54) is 19.4 Å². The third kappa shape index (κ3) is 2.99. The van der Waals surface area contributed by atoms with E-state index >= 15 is 0 Å². The van der Waals surface area contributed by atoms with Crippen molar-refractivity contribution >= 4 is 5.91 Å². The van der Waals surface area contributed by atoms with Gasteiger partial charge in [0.05, 0.1) is 6.61 Å². The lowest BCUT2D eigenvalue weighted by molar-refractivity contribution is -0.130. The van der Waals surface area contributed by atoms with Crippen LogP contribution < -0.4 is 0 Å². The summed E-state index contributed by atoms with van der Waals surface area (Å²) in [4.78, 5) is 15.9. The van der Waals surface area contributed by atoms with Crippen LogP contribution in [0.1, 0.15) is 32.6 Å². The van der Waals surface area contributed by atoms with Gasteiger partial charge in [0.15, 0.2) is 0 Å². The van der Waals surface area contributed by atoms with E-state index in [0.29, 0.717) is 12.1 Å². The highest BCUT2D eigenvalue weighted by molar-refractivity contribution is 5.73. The van der Waals surface area contributed by atoms with Gasteiger partial charge in [-0.3, -0.25) is 9.69 Å². The highest BCUT2D eigenvalue weighted by Gasteiger charge is 2.32. The molecule has 0 saturated carbocycles. The summed E-state index contributed by atoms with van der Waals surface area (Å²) in [5, 5.41) is 0. The molecule has 1 amide bonds. The Morgan fingerprint density at radius 2 is 1.94 bits per heavy atom. The Balaban J connectivity index is 1.85. The average molecular weight is 240 g/mol. The SMILES string of the molecule is COCC1CCCN1C1CCN(C(C)=O)CC1. The summed E-state index contributed by atoms with van der Waals surface area (Å²) in [7, 11) is 1.79. The van der Waals surface area contributed by atoms with Crippen molar-refractivity contribution in [3.05, 3.63) is 0 Å². The Morgan fingerprint density at radius 3 is 2.53 bits per heavy atom. The fraction of sp³-hybridized carbons (Fsp3) is 0.923. The molecule has 2 fully saturated rings. The normalized spacial score (nSPS) is 27.6. The fourth-order valence-corrected chi connectivity index (χ4v) is 3.22. The Kier molecular flexibility index (Phi) is 4.40. The number of piperidine rings is 1. The largest absolute Gasteiger partial charge is 0.383 e. The Morgan fingerprint density at radius 1 is 1.24 bits per heavy atom. The second kappa shape index (κ2) is 5.83. The lowest BCUT2D eigenvalue weighted by atomic mass is 10.0. The maximum Gasteiger partial charge on any atom is 0.219 e. The van der Waals surface area contributed by atoms with Gasteiger partial charge in [0.25, 0.3) is 0 Å². The van der Waals surface area contributed by atoms with E-state index < -0.39 is 0 Å². The van der Waals surface area contributed by atoms with Gasteiger partial charge in [0.1, 0.15) is 0 Å². The van der Waals surface area contributed by atoms with Crippen LogP contribution in [0.25, 0.3) is 0 Å². The first-order valence-electron chi connectivity index (χ1n) is 6.72. The van der Waals surface area contributed by atoms with Gasteiger partial charge in [0, 0.05) is 39.2 Å². The van der Waals surface area contributed by atoms with E-state index in [-0.39, 0.29) is 5.91 Å². The van der Waals surface area contributed by atoms with Crippen molar-refractivity contribution in [3.8, 4) is 0 Å². The minimum absolute atomic E-state index is 0.221. The van der Waals surface area contributed by atoms with Gasteiger partial charge in [-0.05, 0) is 32.2 Å². The summed E-state index contributed by atoms with van der Waals surface area (Å²) < 4.78 is 5.30. The number of hydrogen-bond acceptors (Lipinski definition) is 3. The number of methoxy groups -OCH3 is 1. The molecular formula is C13H24N2O2. The molecule has 0 aromatic carbocycles. The molecule has 2 aliphatic rings. The molecule has 0 bridgehead atoms. The molecule has 2 heterocycles. The van der Waals surface area contributed by atoms with Crippen LogP contribution in [-0.4, -0.2) is 61.1 Å². The number of likely N-dealkylation sites (tertiary alicyclic amines) is 2. The zero-order valence-electron chi connectivity index (χ0n) is 11.0. The molecule has 1 unspecified atom stereocenters. The van der Waals surface area contributed by atoms with Crippen molar-refractivity contribution in [2.75, 3.05) is 33.4 Å². The smallest absolute Gasteiger partial charge is 0.219 e. The molecule has 0 spiro atoms. The number of amides is 1. The Labute approximate surface area is 104 Å². The predicted octanol–water partition coefficient (Wildman–Crippen LogP) is 1.11. The van der Waals surface area contributed by atoms with E-state index in [0.717, 1.165) is 32.5 Å². The van der Waals surface area contributed by atoms with Gasteiger partial charge < -0.3 is 9.64 Å². The second-order valence-electron chi connectivity index (χ2n) is 5.23. The van der Waals surface area contributed by atoms with Crippen molar-refractivity contribution in [1.82, 2.24) is 9.80 Å². The van der Waals surface area contributed by atoms with Gasteiger partial charge in [-0.2, -0.15) is 0 Å². The predicted molar refractivity (Wildman–Crippen MR) is 66.9 cm³/mol. The lowest BCUT2D eigenvalue weighted by Gasteiger charge is -2.39. The fourth-order valence-electron chi connectivity index (χ4n) is 3.22. The molecule has 2 rings (SSSR count).